The Morgan fingerprint density at radius 3 is 2.62 bits per heavy atom. The van der Waals surface area contributed by atoms with Gasteiger partial charge in [-0.1, -0.05) is 26.0 Å². The highest BCUT2D eigenvalue weighted by Gasteiger charge is 2.22. The first-order valence-corrected chi connectivity index (χ1v) is 8.82. The van der Waals surface area contributed by atoms with Crippen molar-refractivity contribution in [1.29, 1.82) is 0 Å². The molecule has 0 aliphatic carbocycles. The number of hydrogen-bond donors (Lipinski definition) is 1. The van der Waals surface area contributed by atoms with Crippen LogP contribution >= 0.6 is 0 Å². The standard InChI is InChI=1S/C16H26N2O2S/c1-5-10-17-13-15-12-16(9-8-14(15)4)21(19,20)18(7-3)11-6-2/h6,8-9,12,17H,2,5,7,10-11,13H2,1,3-4H3. The molecule has 0 aliphatic rings. The van der Waals surface area contributed by atoms with Gasteiger partial charge in [0.05, 0.1) is 4.90 Å². The van der Waals surface area contributed by atoms with Crippen LogP contribution in [-0.4, -0.2) is 32.4 Å². The minimum Gasteiger partial charge on any atom is -0.313 e. The fourth-order valence-corrected chi connectivity index (χ4v) is 3.56. The summed E-state index contributed by atoms with van der Waals surface area (Å²) in [5, 5.41) is 3.31. The Morgan fingerprint density at radius 2 is 2.05 bits per heavy atom. The van der Waals surface area contributed by atoms with E-state index in [9.17, 15) is 8.42 Å². The normalized spacial score (nSPS) is 11.8. The van der Waals surface area contributed by atoms with Gasteiger partial charge in [-0.3, -0.25) is 0 Å². The first-order valence-electron chi connectivity index (χ1n) is 7.38. The number of nitrogens with one attached hydrogen (secondary N) is 1. The van der Waals surface area contributed by atoms with Crippen molar-refractivity contribution >= 4 is 10.0 Å². The van der Waals surface area contributed by atoms with Crippen molar-refractivity contribution in [3.63, 3.8) is 0 Å². The van der Waals surface area contributed by atoms with E-state index in [1.165, 1.54) is 4.31 Å². The van der Waals surface area contributed by atoms with E-state index < -0.39 is 10.0 Å². The lowest BCUT2D eigenvalue weighted by Gasteiger charge is -2.19. The highest BCUT2D eigenvalue weighted by Crippen LogP contribution is 2.19. The molecule has 5 heteroatoms. The molecule has 0 bridgehead atoms. The maximum Gasteiger partial charge on any atom is 0.243 e. The van der Waals surface area contributed by atoms with Crippen LogP contribution in [0.3, 0.4) is 0 Å². The number of benzene rings is 1. The van der Waals surface area contributed by atoms with Gasteiger partial charge in [-0.25, -0.2) is 8.42 Å². The Hall–Kier alpha value is -1.17. The predicted octanol–water partition coefficient (Wildman–Crippen LogP) is 2.69. The summed E-state index contributed by atoms with van der Waals surface area (Å²) in [4.78, 5) is 0.352. The zero-order valence-electron chi connectivity index (χ0n) is 13.2. The van der Waals surface area contributed by atoms with Gasteiger partial charge in [0.25, 0.3) is 0 Å². The first-order chi connectivity index (χ1) is 9.97. The fourth-order valence-electron chi connectivity index (χ4n) is 2.09. The van der Waals surface area contributed by atoms with E-state index in [1.807, 2.05) is 19.9 Å². The second kappa shape index (κ2) is 8.32. The van der Waals surface area contributed by atoms with Gasteiger partial charge in [-0.15, -0.1) is 6.58 Å². The van der Waals surface area contributed by atoms with Gasteiger partial charge in [0.15, 0.2) is 0 Å². The molecule has 1 N–H and O–H groups in total. The molecule has 0 heterocycles. The van der Waals surface area contributed by atoms with E-state index in [4.69, 9.17) is 0 Å². The average molecular weight is 310 g/mol. The Labute approximate surface area is 128 Å². The van der Waals surface area contributed by atoms with Crippen molar-refractivity contribution in [1.82, 2.24) is 9.62 Å². The number of likely N-dealkylation sites (N-methyl/N-ethyl adjacent to an activating group) is 1. The van der Waals surface area contributed by atoms with Crippen LogP contribution in [0.5, 0.6) is 0 Å². The number of rotatable bonds is 9. The number of nitrogens with zero attached hydrogens (tertiary/aromatic N) is 1. The molecular weight excluding hydrogens is 284 g/mol. The molecule has 118 valence electrons. The molecule has 0 fully saturated rings. The van der Waals surface area contributed by atoms with Crippen molar-refractivity contribution in [2.45, 2.75) is 38.6 Å². The van der Waals surface area contributed by atoms with Gasteiger partial charge in [-0.05, 0) is 43.1 Å². The molecule has 0 saturated heterocycles. The topological polar surface area (TPSA) is 49.4 Å². The third-order valence-electron chi connectivity index (χ3n) is 3.39. The monoisotopic (exact) mass is 310 g/mol. The van der Waals surface area contributed by atoms with Gasteiger partial charge in [-0.2, -0.15) is 4.31 Å². The van der Waals surface area contributed by atoms with E-state index >= 15 is 0 Å². The van der Waals surface area contributed by atoms with Gasteiger partial charge >= 0.3 is 0 Å². The Morgan fingerprint density at radius 1 is 1.33 bits per heavy atom. The fraction of sp³-hybridized carbons (Fsp3) is 0.500. The lowest BCUT2D eigenvalue weighted by Crippen LogP contribution is -2.31. The number of sulfonamides is 1. The number of hydrogen-bond acceptors (Lipinski definition) is 3. The van der Waals surface area contributed by atoms with Crippen LogP contribution in [0.2, 0.25) is 0 Å². The smallest absolute Gasteiger partial charge is 0.243 e. The molecule has 0 radical (unpaired) electrons. The third-order valence-corrected chi connectivity index (χ3v) is 5.32. The molecule has 4 nitrogen and oxygen atoms in total. The minimum absolute atomic E-state index is 0.329. The summed E-state index contributed by atoms with van der Waals surface area (Å²) in [6.07, 6.45) is 2.67. The van der Waals surface area contributed by atoms with Gasteiger partial charge < -0.3 is 5.32 Å². The molecule has 1 rings (SSSR count). The summed E-state index contributed by atoms with van der Waals surface area (Å²) in [5.74, 6) is 0. The first kappa shape index (κ1) is 17.9. The Kier molecular flexibility index (Phi) is 7.08. The van der Waals surface area contributed by atoms with Gasteiger partial charge in [0, 0.05) is 19.6 Å². The minimum atomic E-state index is -3.45. The van der Waals surface area contributed by atoms with Crippen molar-refractivity contribution in [3.05, 3.63) is 42.0 Å². The van der Waals surface area contributed by atoms with Crippen molar-refractivity contribution in [3.8, 4) is 0 Å². The second-order valence-electron chi connectivity index (χ2n) is 5.01. The van der Waals surface area contributed by atoms with Crippen LogP contribution < -0.4 is 5.32 Å². The lowest BCUT2D eigenvalue weighted by atomic mass is 10.1. The molecule has 0 amide bonds. The molecule has 0 unspecified atom stereocenters. The quantitative estimate of drug-likeness (QED) is 0.563. The van der Waals surface area contributed by atoms with Gasteiger partial charge in [0.1, 0.15) is 0 Å². The van der Waals surface area contributed by atoms with Crippen LogP contribution in [0.1, 0.15) is 31.4 Å². The highest BCUT2D eigenvalue weighted by atomic mass is 32.2. The summed E-state index contributed by atoms with van der Waals surface area (Å²) >= 11 is 0. The summed E-state index contributed by atoms with van der Waals surface area (Å²) in [6, 6.07) is 5.33. The Bertz CT molecular complexity index is 568. The predicted molar refractivity (Wildman–Crippen MR) is 87.8 cm³/mol. The van der Waals surface area contributed by atoms with Crippen molar-refractivity contribution in [2.24, 2.45) is 0 Å². The van der Waals surface area contributed by atoms with E-state index in [-0.39, 0.29) is 0 Å². The third kappa shape index (κ3) is 4.66. The SMILES string of the molecule is C=CCN(CC)S(=O)(=O)c1ccc(C)c(CNCCC)c1. The zero-order valence-corrected chi connectivity index (χ0v) is 14.0. The average Bonchev–Trinajstić information content (AvgIpc) is 2.46. The van der Waals surface area contributed by atoms with Crippen molar-refractivity contribution in [2.75, 3.05) is 19.6 Å². The summed E-state index contributed by atoms with van der Waals surface area (Å²) in [7, 11) is -3.45. The van der Waals surface area contributed by atoms with Crippen molar-refractivity contribution < 1.29 is 8.42 Å². The zero-order chi connectivity index (χ0) is 15.9. The molecule has 0 aromatic heterocycles. The molecule has 1 aromatic rings. The maximum absolute atomic E-state index is 12.6. The van der Waals surface area contributed by atoms with E-state index in [0.717, 1.165) is 24.1 Å². The second-order valence-corrected chi connectivity index (χ2v) is 6.95. The molecule has 0 saturated carbocycles. The Balaban J connectivity index is 3.07. The molecule has 0 aliphatic heterocycles. The summed E-state index contributed by atoms with van der Waals surface area (Å²) in [5.41, 5.74) is 2.13. The van der Waals surface area contributed by atoms with Crippen LogP contribution in [-0.2, 0) is 16.6 Å². The van der Waals surface area contributed by atoms with Crippen LogP contribution in [0.4, 0.5) is 0 Å². The van der Waals surface area contributed by atoms with E-state index in [0.29, 0.717) is 24.5 Å². The molecule has 21 heavy (non-hydrogen) atoms. The van der Waals surface area contributed by atoms with Crippen LogP contribution in [0.25, 0.3) is 0 Å². The lowest BCUT2D eigenvalue weighted by molar-refractivity contribution is 0.459. The number of aryl methyl sites for hydroxylation is 1. The maximum atomic E-state index is 12.6. The van der Waals surface area contributed by atoms with Crippen LogP contribution in [0, 0.1) is 6.92 Å². The van der Waals surface area contributed by atoms with E-state index in [2.05, 4.69) is 18.8 Å². The molecule has 0 spiro atoms. The molecule has 0 atom stereocenters. The van der Waals surface area contributed by atoms with Crippen LogP contribution in [0.15, 0.2) is 35.7 Å². The van der Waals surface area contributed by atoms with Gasteiger partial charge in [0.2, 0.25) is 10.0 Å². The highest BCUT2D eigenvalue weighted by molar-refractivity contribution is 7.89. The molecular formula is C16H26N2O2S. The summed E-state index contributed by atoms with van der Waals surface area (Å²) < 4.78 is 26.6. The molecule has 1 aromatic carbocycles. The van der Waals surface area contributed by atoms with E-state index in [1.54, 1.807) is 18.2 Å². The largest absolute Gasteiger partial charge is 0.313 e. The summed E-state index contributed by atoms with van der Waals surface area (Å²) in [6.45, 7) is 11.9.